The number of carbonyl (C=O) groups excluding carboxylic acids is 3. The summed E-state index contributed by atoms with van der Waals surface area (Å²) in [5.74, 6) is -1.09. The molecule has 5 atom stereocenters. The molecule has 51 heavy (non-hydrogen) atoms. The fourth-order valence-electron chi connectivity index (χ4n) is 6.79. The van der Waals surface area contributed by atoms with Crippen molar-refractivity contribution >= 4 is 17.9 Å². The number of aliphatic hydroxyl groups excluding tert-OH is 3. The average molecular weight is 720 g/mol. The highest BCUT2D eigenvalue weighted by Crippen LogP contribution is 2.30. The van der Waals surface area contributed by atoms with Gasteiger partial charge in [0.1, 0.15) is 31.0 Å². The van der Waals surface area contributed by atoms with Gasteiger partial charge in [-0.15, -0.1) is 0 Å². The van der Waals surface area contributed by atoms with Crippen LogP contribution in [0.4, 0.5) is 4.79 Å². The molecule has 3 amide bonds. The molecule has 1 aromatic carbocycles. The summed E-state index contributed by atoms with van der Waals surface area (Å²) in [6, 6.07) is 7.41. The Morgan fingerprint density at radius 2 is 1.24 bits per heavy atom. The minimum Gasteiger partial charge on any atom is -0.444 e. The molecule has 11 heteroatoms. The number of nitrogens with zero attached hydrogens (tertiary/aromatic N) is 2. The van der Waals surface area contributed by atoms with Crippen LogP contribution in [0.3, 0.4) is 0 Å². The number of rotatable bonds is 27. The van der Waals surface area contributed by atoms with Gasteiger partial charge >= 0.3 is 6.09 Å². The summed E-state index contributed by atoms with van der Waals surface area (Å²) in [5, 5.41) is 32.5. The van der Waals surface area contributed by atoms with Gasteiger partial charge < -0.3 is 35.4 Å². The van der Waals surface area contributed by atoms with E-state index in [0.717, 1.165) is 38.5 Å². The Kier molecular flexibility index (Phi) is 23.7. The second-order valence-electron chi connectivity index (χ2n) is 14.1. The van der Waals surface area contributed by atoms with E-state index in [4.69, 9.17) is 15.2 Å². The van der Waals surface area contributed by atoms with Crippen molar-refractivity contribution in [2.45, 2.75) is 179 Å². The molecule has 5 N–H and O–H groups in total. The van der Waals surface area contributed by atoms with Crippen molar-refractivity contribution in [1.29, 1.82) is 0 Å². The van der Waals surface area contributed by atoms with Gasteiger partial charge in [-0.05, 0) is 18.4 Å². The molecule has 0 radical (unpaired) electrons. The number of amides is 3. The van der Waals surface area contributed by atoms with Crippen LogP contribution in [-0.2, 0) is 25.7 Å². The van der Waals surface area contributed by atoms with E-state index in [2.05, 4.69) is 13.8 Å². The zero-order valence-corrected chi connectivity index (χ0v) is 31.6. The summed E-state index contributed by atoms with van der Waals surface area (Å²) in [6.45, 7) is 3.31. The van der Waals surface area contributed by atoms with Gasteiger partial charge in [0, 0.05) is 13.0 Å². The predicted octanol–water partition coefficient (Wildman–Crippen LogP) is 6.59. The first-order valence-electron chi connectivity index (χ1n) is 19.9. The van der Waals surface area contributed by atoms with E-state index in [0.29, 0.717) is 23.3 Å². The normalized spacial score (nSPS) is 20.2. The molecular formula is C40H69N3O8. The zero-order chi connectivity index (χ0) is 37.3. The molecule has 1 aliphatic rings. The maximum atomic E-state index is 14.0. The van der Waals surface area contributed by atoms with Crippen molar-refractivity contribution in [1.82, 2.24) is 9.80 Å². The highest BCUT2D eigenvalue weighted by atomic mass is 16.6. The number of hydrogen-bond donors (Lipinski definition) is 4. The number of hydrogen-bond acceptors (Lipinski definition) is 9. The molecule has 0 saturated carbocycles. The maximum absolute atomic E-state index is 14.0. The number of imide groups is 1. The first-order chi connectivity index (χ1) is 24.8. The second kappa shape index (κ2) is 27.1. The van der Waals surface area contributed by atoms with Crippen molar-refractivity contribution in [3.05, 3.63) is 35.9 Å². The maximum Gasteiger partial charge on any atom is 0.417 e. The van der Waals surface area contributed by atoms with Crippen molar-refractivity contribution in [2.24, 2.45) is 5.73 Å². The van der Waals surface area contributed by atoms with E-state index in [9.17, 15) is 29.7 Å². The van der Waals surface area contributed by atoms with Crippen LogP contribution in [0, 0.1) is 0 Å². The van der Waals surface area contributed by atoms with Crippen LogP contribution < -0.4 is 5.73 Å². The third kappa shape index (κ3) is 16.3. The molecule has 0 aliphatic carbocycles. The molecule has 0 unspecified atom stereocenters. The number of unbranched alkanes of at least 4 members (excludes halogenated alkanes) is 17. The lowest BCUT2D eigenvalue weighted by molar-refractivity contribution is -0.244. The van der Waals surface area contributed by atoms with Crippen molar-refractivity contribution in [3.8, 4) is 0 Å². The Balaban J connectivity index is 2.23. The van der Waals surface area contributed by atoms with Gasteiger partial charge in [-0.25, -0.2) is 9.69 Å². The molecule has 1 fully saturated rings. The van der Waals surface area contributed by atoms with Gasteiger partial charge in [-0.3, -0.25) is 9.59 Å². The molecule has 2 rings (SSSR count). The van der Waals surface area contributed by atoms with E-state index in [-0.39, 0.29) is 25.5 Å². The number of carbonyl (C=O) groups is 3. The minimum atomic E-state index is -1.74. The minimum absolute atomic E-state index is 0.149. The Morgan fingerprint density at radius 1 is 0.725 bits per heavy atom. The van der Waals surface area contributed by atoms with E-state index in [1.807, 2.05) is 6.07 Å². The lowest BCUT2D eigenvalue weighted by Gasteiger charge is -2.49. The molecule has 1 aliphatic heterocycles. The van der Waals surface area contributed by atoms with Gasteiger partial charge in [0.2, 0.25) is 11.8 Å². The smallest absolute Gasteiger partial charge is 0.417 e. The van der Waals surface area contributed by atoms with E-state index in [1.165, 1.54) is 75.5 Å². The summed E-state index contributed by atoms with van der Waals surface area (Å²) in [5.41, 5.74) is 6.43. The Bertz CT molecular complexity index is 1080. The molecule has 1 heterocycles. The fourth-order valence-corrected chi connectivity index (χ4v) is 6.79. The van der Waals surface area contributed by atoms with E-state index < -0.39 is 55.7 Å². The topological polar surface area (TPSA) is 163 Å². The zero-order valence-electron chi connectivity index (χ0n) is 31.6. The van der Waals surface area contributed by atoms with Crippen LogP contribution in [0.25, 0.3) is 0 Å². The summed E-state index contributed by atoms with van der Waals surface area (Å²) >= 11 is 0. The van der Waals surface area contributed by atoms with Crippen molar-refractivity contribution in [2.75, 3.05) is 19.7 Å². The number of aliphatic hydroxyl groups is 3. The second-order valence-corrected chi connectivity index (χ2v) is 14.1. The Hall–Kier alpha value is -2.57. The molecule has 1 saturated heterocycles. The van der Waals surface area contributed by atoms with E-state index >= 15 is 0 Å². The predicted molar refractivity (Wildman–Crippen MR) is 199 cm³/mol. The van der Waals surface area contributed by atoms with E-state index in [1.54, 1.807) is 24.3 Å². The summed E-state index contributed by atoms with van der Waals surface area (Å²) in [4.78, 5) is 43.1. The molecule has 0 bridgehead atoms. The molecule has 1 aromatic rings. The number of nitrogens with two attached hydrogens (primary N) is 1. The van der Waals surface area contributed by atoms with Crippen LogP contribution in [-0.4, -0.2) is 93.3 Å². The lowest BCUT2D eigenvalue weighted by Crippen LogP contribution is -2.70. The third-order valence-electron chi connectivity index (χ3n) is 9.88. The van der Waals surface area contributed by atoms with Gasteiger partial charge in [0.15, 0.2) is 6.23 Å². The van der Waals surface area contributed by atoms with Crippen LogP contribution in [0.2, 0.25) is 0 Å². The number of benzene rings is 1. The van der Waals surface area contributed by atoms with Crippen LogP contribution in [0.15, 0.2) is 30.3 Å². The monoisotopic (exact) mass is 720 g/mol. The molecular weight excluding hydrogens is 650 g/mol. The highest BCUT2D eigenvalue weighted by molar-refractivity contribution is 5.93. The van der Waals surface area contributed by atoms with Crippen LogP contribution >= 0.6 is 0 Å². The SMILES string of the molecule is CCCCCCCCCCCCN(C(=O)CCCCCCCCCCC)[C@@H]1O[C@H](CO)[C@H](O)[C@H](O)[C@H]1N(C(=O)CN)C(=O)OCc1ccccc1. The Morgan fingerprint density at radius 3 is 1.75 bits per heavy atom. The van der Waals surface area contributed by atoms with Crippen molar-refractivity contribution < 1.29 is 39.2 Å². The Labute approximate surface area is 307 Å². The standard InChI is InChI=1S/C40H69N3O8/c1-3-5-7-9-11-13-15-17-19-24-28-42(34(45)27-23-18-16-14-12-10-8-6-4-2)39-36(38(48)37(47)33(30-44)51-39)43(35(46)29-41)40(49)50-31-32-25-21-20-22-26-32/h20-22,25-26,33,36-39,44,47-48H,3-19,23-24,27-31,41H2,1-2H3/t33-,36-,37+,38-,39-/m1/s1. The number of ether oxygens (including phenoxy) is 2. The first kappa shape index (κ1) is 44.6. The van der Waals surface area contributed by atoms with Crippen LogP contribution in [0.5, 0.6) is 0 Å². The summed E-state index contributed by atoms with van der Waals surface area (Å²) < 4.78 is 11.6. The third-order valence-corrected chi connectivity index (χ3v) is 9.88. The van der Waals surface area contributed by atoms with Gasteiger partial charge in [-0.2, -0.15) is 0 Å². The highest BCUT2D eigenvalue weighted by Gasteiger charge is 2.53. The molecule has 292 valence electrons. The molecule has 0 spiro atoms. The van der Waals surface area contributed by atoms with Gasteiger partial charge in [0.25, 0.3) is 0 Å². The summed E-state index contributed by atoms with van der Waals surface area (Å²) in [7, 11) is 0. The fraction of sp³-hybridized carbons (Fsp3) is 0.775. The lowest BCUT2D eigenvalue weighted by atomic mass is 9.93. The summed E-state index contributed by atoms with van der Waals surface area (Å²) in [6.07, 6.45) is 14.1. The molecule has 0 aromatic heterocycles. The van der Waals surface area contributed by atoms with Crippen LogP contribution in [0.1, 0.15) is 148 Å². The van der Waals surface area contributed by atoms with Crippen molar-refractivity contribution in [3.63, 3.8) is 0 Å². The van der Waals surface area contributed by atoms with Gasteiger partial charge in [-0.1, -0.05) is 153 Å². The quantitative estimate of drug-likeness (QED) is 0.0735. The van der Waals surface area contributed by atoms with Gasteiger partial charge in [0.05, 0.1) is 13.2 Å². The average Bonchev–Trinajstić information content (AvgIpc) is 3.14. The molecule has 11 nitrogen and oxygen atoms in total. The largest absolute Gasteiger partial charge is 0.444 e. The first-order valence-corrected chi connectivity index (χ1v) is 19.9.